The van der Waals surface area contributed by atoms with Crippen molar-refractivity contribution >= 4 is 50.9 Å². The molecular weight excluding hydrogens is 458 g/mol. The highest BCUT2D eigenvalue weighted by atomic mass is 79.9. The maximum atomic E-state index is 13.2. The van der Waals surface area contributed by atoms with E-state index in [0.29, 0.717) is 21.8 Å². The van der Waals surface area contributed by atoms with Gasteiger partial charge in [-0.2, -0.15) is 0 Å². The number of rotatable bonds is 4. The Morgan fingerprint density at radius 2 is 1.86 bits per heavy atom. The number of esters is 1. The van der Waals surface area contributed by atoms with E-state index in [4.69, 9.17) is 16.3 Å². The first-order chi connectivity index (χ1) is 14.0. The molecule has 1 saturated heterocycles. The molecule has 2 aromatic carbocycles. The number of carbonyl (C=O) groups excluding carboxylic acids is 3. The fourth-order valence-electron chi connectivity index (χ4n) is 5.10. The average Bonchev–Trinajstić information content (AvgIpc) is 3.33. The number of alkyl halides is 1. The van der Waals surface area contributed by atoms with E-state index in [1.165, 1.54) is 0 Å². The molecule has 1 amide bonds. The monoisotopic (exact) mass is 473 g/mol. The molecular formula is C22H17BrClNO4. The number of halogens is 2. The minimum atomic E-state index is -0.467. The molecule has 3 fully saturated rings. The van der Waals surface area contributed by atoms with Gasteiger partial charge in [0.2, 0.25) is 5.91 Å². The first kappa shape index (κ1) is 18.8. The van der Waals surface area contributed by atoms with Gasteiger partial charge in [-0.25, -0.2) is 0 Å². The Bertz CT molecular complexity index is 1030. The van der Waals surface area contributed by atoms with E-state index in [-0.39, 0.29) is 40.4 Å². The summed E-state index contributed by atoms with van der Waals surface area (Å²) >= 11 is 9.74. The highest BCUT2D eigenvalue weighted by Crippen LogP contribution is 2.60. The molecule has 1 heterocycles. The van der Waals surface area contributed by atoms with Crippen LogP contribution in [0.15, 0.2) is 48.5 Å². The van der Waals surface area contributed by atoms with Crippen molar-refractivity contribution in [3.63, 3.8) is 0 Å². The van der Waals surface area contributed by atoms with Gasteiger partial charge >= 0.3 is 5.97 Å². The second-order valence-corrected chi connectivity index (χ2v) is 9.33. The zero-order chi connectivity index (χ0) is 20.3. The van der Waals surface area contributed by atoms with Gasteiger partial charge in [-0.3, -0.25) is 14.4 Å². The molecule has 2 aromatic rings. The first-order valence-electron chi connectivity index (χ1n) is 9.50. The van der Waals surface area contributed by atoms with Crippen LogP contribution >= 0.6 is 27.5 Å². The van der Waals surface area contributed by atoms with E-state index in [0.717, 1.165) is 6.42 Å². The molecule has 2 bridgehead atoms. The normalized spacial score (nSPS) is 31.6. The zero-order valence-corrected chi connectivity index (χ0v) is 17.5. The summed E-state index contributed by atoms with van der Waals surface area (Å²) in [5.74, 6) is -1.51. The summed E-state index contributed by atoms with van der Waals surface area (Å²) in [6.45, 7) is 0. The molecule has 0 aromatic heterocycles. The SMILES string of the molecule is O=C(c1ccccc1)c1cc(Cl)ccc1NC(=O)[C@@H]1[C@H]2C[C@H]3[C@H](OC(=O)[C@H]31)[C@H]2Br. The van der Waals surface area contributed by atoms with Gasteiger partial charge in [0, 0.05) is 22.1 Å². The predicted octanol–water partition coefficient (Wildman–Crippen LogP) is 4.08. The number of carbonyl (C=O) groups is 3. The molecule has 3 aliphatic rings. The van der Waals surface area contributed by atoms with E-state index < -0.39 is 11.8 Å². The maximum absolute atomic E-state index is 13.2. The number of anilines is 1. The third-order valence-corrected chi connectivity index (χ3v) is 7.78. The van der Waals surface area contributed by atoms with Gasteiger partial charge in [-0.05, 0) is 30.5 Å². The highest BCUT2D eigenvalue weighted by Gasteiger charge is 2.67. The van der Waals surface area contributed by atoms with Crippen LogP contribution in [0.4, 0.5) is 5.69 Å². The van der Waals surface area contributed by atoms with E-state index in [1.807, 2.05) is 6.07 Å². The van der Waals surface area contributed by atoms with E-state index in [1.54, 1.807) is 42.5 Å². The number of nitrogens with one attached hydrogen (secondary N) is 1. The molecule has 1 N–H and O–H groups in total. The molecule has 5 nitrogen and oxygen atoms in total. The molecule has 2 aliphatic carbocycles. The van der Waals surface area contributed by atoms with Crippen LogP contribution in [0, 0.1) is 23.7 Å². The third-order valence-electron chi connectivity index (χ3n) is 6.35. The fourth-order valence-corrected chi connectivity index (χ4v) is 6.32. The number of hydrogen-bond acceptors (Lipinski definition) is 4. The Labute approximate surface area is 180 Å². The average molecular weight is 475 g/mol. The van der Waals surface area contributed by atoms with Gasteiger partial charge in [0.1, 0.15) is 6.10 Å². The van der Waals surface area contributed by atoms with Crippen molar-refractivity contribution in [2.75, 3.05) is 5.32 Å². The van der Waals surface area contributed by atoms with Gasteiger partial charge in [0.25, 0.3) is 0 Å². The fraction of sp³-hybridized carbons (Fsp3) is 0.318. The lowest BCUT2D eigenvalue weighted by molar-refractivity contribution is -0.145. The van der Waals surface area contributed by atoms with Crippen molar-refractivity contribution in [1.82, 2.24) is 0 Å². The number of ether oxygens (including phenoxy) is 1. The van der Waals surface area contributed by atoms with Crippen molar-refractivity contribution in [3.05, 3.63) is 64.7 Å². The standard InChI is InChI=1S/C22H17BrClNO4/c23-18-13-9-14-17(22(28)29-20(14)18)16(13)21(27)25-15-7-6-11(24)8-12(15)19(26)10-4-2-1-3-5-10/h1-8,13-14,16-18,20H,9H2,(H,25,27)/t13-,14-,16-,17-,18+,20+/m1/s1. The lowest BCUT2D eigenvalue weighted by Crippen LogP contribution is -2.40. The Morgan fingerprint density at radius 1 is 1.10 bits per heavy atom. The van der Waals surface area contributed by atoms with Crippen LogP contribution in [0.25, 0.3) is 0 Å². The van der Waals surface area contributed by atoms with Crippen LogP contribution in [-0.4, -0.2) is 28.6 Å². The zero-order valence-electron chi connectivity index (χ0n) is 15.2. The second kappa shape index (κ2) is 6.96. The summed E-state index contributed by atoms with van der Waals surface area (Å²) < 4.78 is 5.48. The quantitative estimate of drug-likeness (QED) is 0.412. The molecule has 6 atom stereocenters. The Kier molecular flexibility index (Phi) is 4.51. The number of hydrogen-bond donors (Lipinski definition) is 1. The second-order valence-electron chi connectivity index (χ2n) is 7.84. The Morgan fingerprint density at radius 3 is 2.62 bits per heavy atom. The number of ketones is 1. The van der Waals surface area contributed by atoms with Crippen molar-refractivity contribution in [2.45, 2.75) is 17.4 Å². The molecule has 1 aliphatic heterocycles. The first-order valence-corrected chi connectivity index (χ1v) is 10.8. The molecule has 2 saturated carbocycles. The van der Waals surface area contributed by atoms with Gasteiger partial charge < -0.3 is 10.1 Å². The lowest BCUT2D eigenvalue weighted by Gasteiger charge is -2.27. The number of benzene rings is 2. The molecule has 5 rings (SSSR count). The smallest absolute Gasteiger partial charge is 0.310 e. The molecule has 0 unspecified atom stereocenters. The van der Waals surface area contributed by atoms with Crippen LogP contribution in [0.1, 0.15) is 22.3 Å². The largest absolute Gasteiger partial charge is 0.461 e. The Balaban J connectivity index is 1.45. The van der Waals surface area contributed by atoms with Crippen molar-refractivity contribution in [2.24, 2.45) is 23.7 Å². The summed E-state index contributed by atoms with van der Waals surface area (Å²) in [7, 11) is 0. The van der Waals surface area contributed by atoms with Gasteiger partial charge in [-0.1, -0.05) is 57.9 Å². The summed E-state index contributed by atoms with van der Waals surface area (Å²) in [4.78, 5) is 38.5. The van der Waals surface area contributed by atoms with Crippen LogP contribution in [-0.2, 0) is 14.3 Å². The van der Waals surface area contributed by atoms with E-state index in [9.17, 15) is 14.4 Å². The van der Waals surface area contributed by atoms with Crippen LogP contribution in [0.3, 0.4) is 0 Å². The molecule has 29 heavy (non-hydrogen) atoms. The maximum Gasteiger partial charge on any atom is 0.310 e. The minimum Gasteiger partial charge on any atom is -0.461 e. The van der Waals surface area contributed by atoms with Crippen molar-refractivity contribution < 1.29 is 19.1 Å². The van der Waals surface area contributed by atoms with Crippen LogP contribution < -0.4 is 5.32 Å². The van der Waals surface area contributed by atoms with Crippen LogP contribution in [0.5, 0.6) is 0 Å². The summed E-state index contributed by atoms with van der Waals surface area (Å²) in [5.41, 5.74) is 1.22. The third kappa shape index (κ3) is 2.92. The highest BCUT2D eigenvalue weighted by molar-refractivity contribution is 9.09. The Hall–Kier alpha value is -2.18. The van der Waals surface area contributed by atoms with Crippen molar-refractivity contribution in [1.29, 1.82) is 0 Å². The van der Waals surface area contributed by atoms with E-state index in [2.05, 4.69) is 21.2 Å². The number of fused-ring (bicyclic) bond motifs is 1. The molecule has 0 spiro atoms. The van der Waals surface area contributed by atoms with Crippen molar-refractivity contribution in [3.8, 4) is 0 Å². The molecule has 7 heteroatoms. The number of amides is 1. The van der Waals surface area contributed by atoms with Crippen LogP contribution in [0.2, 0.25) is 5.02 Å². The van der Waals surface area contributed by atoms with E-state index >= 15 is 0 Å². The summed E-state index contributed by atoms with van der Waals surface area (Å²) in [5, 5.41) is 3.30. The lowest BCUT2D eigenvalue weighted by atomic mass is 9.79. The van der Waals surface area contributed by atoms with Gasteiger partial charge in [-0.15, -0.1) is 0 Å². The summed E-state index contributed by atoms with van der Waals surface area (Å²) in [6.07, 6.45) is 0.665. The van der Waals surface area contributed by atoms with Gasteiger partial charge in [0.05, 0.1) is 22.4 Å². The topological polar surface area (TPSA) is 72.5 Å². The summed E-state index contributed by atoms with van der Waals surface area (Å²) in [6, 6.07) is 13.6. The minimum absolute atomic E-state index is 0.0124. The molecule has 148 valence electrons. The van der Waals surface area contributed by atoms with Gasteiger partial charge in [0.15, 0.2) is 5.78 Å². The molecule has 0 radical (unpaired) electrons. The predicted molar refractivity (Wildman–Crippen MR) is 111 cm³/mol.